The minimum atomic E-state index is -0.616. The van der Waals surface area contributed by atoms with E-state index in [0.29, 0.717) is 16.8 Å². The van der Waals surface area contributed by atoms with Crippen LogP contribution in [-0.2, 0) is 0 Å². The quantitative estimate of drug-likeness (QED) is 0.302. The van der Waals surface area contributed by atoms with Crippen molar-refractivity contribution in [3.8, 4) is 16.9 Å². The lowest BCUT2D eigenvalue weighted by molar-refractivity contribution is 0.854. The minimum absolute atomic E-state index is 0.155. The molecule has 0 spiro atoms. The van der Waals surface area contributed by atoms with Crippen LogP contribution < -0.4 is 22.1 Å². The SMILES string of the molecule is N=c1c2cnc(Nc3ccc(-c4ccc(=O)[nH]n4)cc3)nc2[nH]c(=O)n1-c1c(Cl)cccc1Cl. The van der Waals surface area contributed by atoms with Gasteiger partial charge in [-0.25, -0.2) is 19.4 Å². The molecule has 10 nitrogen and oxygen atoms in total. The summed E-state index contributed by atoms with van der Waals surface area (Å²) >= 11 is 12.5. The van der Waals surface area contributed by atoms with Gasteiger partial charge in [0.1, 0.15) is 5.49 Å². The van der Waals surface area contributed by atoms with Crippen molar-refractivity contribution in [2.45, 2.75) is 0 Å². The third kappa shape index (κ3) is 3.96. The van der Waals surface area contributed by atoms with Crippen LogP contribution in [0.5, 0.6) is 0 Å². The van der Waals surface area contributed by atoms with E-state index in [1.165, 1.54) is 12.3 Å². The number of hydrogen-bond acceptors (Lipinski definition) is 7. The zero-order chi connectivity index (χ0) is 23.8. The Labute approximate surface area is 200 Å². The van der Waals surface area contributed by atoms with E-state index >= 15 is 0 Å². The highest BCUT2D eigenvalue weighted by Crippen LogP contribution is 2.26. The average Bonchev–Trinajstić information content (AvgIpc) is 2.82. The van der Waals surface area contributed by atoms with Crippen LogP contribution in [0, 0.1) is 5.41 Å². The Morgan fingerprint density at radius 3 is 2.38 bits per heavy atom. The van der Waals surface area contributed by atoms with Crippen molar-refractivity contribution >= 4 is 45.9 Å². The number of benzene rings is 2. The molecular weight excluding hydrogens is 479 g/mol. The summed E-state index contributed by atoms with van der Waals surface area (Å²) in [6.45, 7) is 0. The molecule has 0 bridgehead atoms. The highest BCUT2D eigenvalue weighted by atomic mass is 35.5. The van der Waals surface area contributed by atoms with E-state index in [1.54, 1.807) is 36.4 Å². The number of H-pyrrole nitrogens is 2. The number of anilines is 2. The van der Waals surface area contributed by atoms with Crippen molar-refractivity contribution < 1.29 is 0 Å². The summed E-state index contributed by atoms with van der Waals surface area (Å²) < 4.78 is 1.08. The second-order valence-corrected chi connectivity index (χ2v) is 7.96. The van der Waals surface area contributed by atoms with Gasteiger partial charge in [0, 0.05) is 23.5 Å². The van der Waals surface area contributed by atoms with Gasteiger partial charge in [-0.1, -0.05) is 41.4 Å². The molecule has 0 saturated heterocycles. The van der Waals surface area contributed by atoms with Crippen molar-refractivity contribution in [2.75, 3.05) is 5.32 Å². The first kappa shape index (κ1) is 21.6. The fraction of sp³-hybridized carbons (Fsp3) is 0. The standard InChI is InChI=1S/C22H14Cl2N8O2/c23-14-2-1-3-15(24)18(14)32-19(25)13-10-26-21(28-20(13)29-22(32)34)27-12-6-4-11(5-7-12)16-8-9-17(33)31-30-16/h1-10,25H,(H,31,33)(H2,26,27,28,29,34). The number of para-hydroxylation sites is 1. The molecule has 2 aromatic carbocycles. The van der Waals surface area contributed by atoms with E-state index in [9.17, 15) is 9.59 Å². The molecule has 4 N–H and O–H groups in total. The lowest BCUT2D eigenvalue weighted by atomic mass is 10.1. The summed E-state index contributed by atoms with van der Waals surface area (Å²) in [6, 6.07) is 15.1. The first-order chi connectivity index (χ1) is 16.4. The Kier molecular flexibility index (Phi) is 5.44. The van der Waals surface area contributed by atoms with Crippen LogP contribution >= 0.6 is 23.2 Å². The number of halogens is 2. The van der Waals surface area contributed by atoms with E-state index in [2.05, 4.69) is 30.5 Å². The number of aromatic amines is 2. The predicted octanol–water partition coefficient (Wildman–Crippen LogP) is 3.39. The zero-order valence-corrected chi connectivity index (χ0v) is 18.6. The topological polar surface area (TPSA) is 145 Å². The number of nitrogens with one attached hydrogen (secondary N) is 4. The lowest BCUT2D eigenvalue weighted by Gasteiger charge is -2.12. The number of hydrogen-bond donors (Lipinski definition) is 4. The molecule has 34 heavy (non-hydrogen) atoms. The molecule has 0 aliphatic rings. The van der Waals surface area contributed by atoms with E-state index in [0.717, 1.165) is 10.1 Å². The van der Waals surface area contributed by atoms with Gasteiger partial charge in [0.25, 0.3) is 5.56 Å². The maximum atomic E-state index is 12.8. The number of aromatic nitrogens is 6. The van der Waals surface area contributed by atoms with Gasteiger partial charge < -0.3 is 5.32 Å². The summed E-state index contributed by atoms with van der Waals surface area (Å²) in [5.74, 6) is 0.228. The van der Waals surface area contributed by atoms with Crippen LogP contribution in [0.2, 0.25) is 10.0 Å². The Hall–Kier alpha value is -4.28. The maximum absolute atomic E-state index is 12.8. The highest BCUT2D eigenvalue weighted by molar-refractivity contribution is 6.37. The molecule has 12 heteroatoms. The number of fused-ring (bicyclic) bond motifs is 1. The molecule has 0 aliphatic carbocycles. The molecular formula is C22H14Cl2N8O2. The summed E-state index contributed by atoms with van der Waals surface area (Å²) in [5, 5.41) is 18.7. The van der Waals surface area contributed by atoms with Gasteiger partial charge in [-0.05, 0) is 30.3 Å². The van der Waals surface area contributed by atoms with Crippen LogP contribution in [0.25, 0.3) is 28.0 Å². The van der Waals surface area contributed by atoms with Crippen LogP contribution in [0.15, 0.2) is 70.4 Å². The zero-order valence-electron chi connectivity index (χ0n) is 17.1. The molecule has 0 amide bonds. The number of nitrogens with zero attached hydrogens (tertiary/aromatic N) is 4. The van der Waals surface area contributed by atoms with Gasteiger partial charge in [-0.2, -0.15) is 10.1 Å². The third-order valence-corrected chi connectivity index (χ3v) is 5.58. The molecule has 0 atom stereocenters. The monoisotopic (exact) mass is 492 g/mol. The molecule has 0 fully saturated rings. The predicted molar refractivity (Wildman–Crippen MR) is 129 cm³/mol. The van der Waals surface area contributed by atoms with Crippen molar-refractivity contribution in [1.29, 1.82) is 5.41 Å². The summed E-state index contributed by atoms with van der Waals surface area (Å²) in [4.78, 5) is 35.2. The lowest BCUT2D eigenvalue weighted by Crippen LogP contribution is -2.34. The Bertz CT molecular complexity index is 1680. The van der Waals surface area contributed by atoms with Crippen molar-refractivity contribution in [3.63, 3.8) is 0 Å². The van der Waals surface area contributed by atoms with E-state index in [4.69, 9.17) is 28.6 Å². The Morgan fingerprint density at radius 1 is 0.971 bits per heavy atom. The smallest absolute Gasteiger partial charge is 0.324 e. The fourth-order valence-corrected chi connectivity index (χ4v) is 3.93. The first-order valence-corrected chi connectivity index (χ1v) is 10.6. The first-order valence-electron chi connectivity index (χ1n) is 9.85. The second kappa shape index (κ2) is 8.58. The second-order valence-electron chi connectivity index (χ2n) is 7.15. The molecule has 3 aromatic heterocycles. The molecule has 0 aliphatic heterocycles. The minimum Gasteiger partial charge on any atom is -0.324 e. The molecule has 3 heterocycles. The summed E-state index contributed by atoms with van der Waals surface area (Å²) in [5.41, 5.74) is 1.47. The van der Waals surface area contributed by atoms with Gasteiger partial charge in [-0.3, -0.25) is 15.2 Å². The molecule has 168 valence electrons. The van der Waals surface area contributed by atoms with Gasteiger partial charge in [0.15, 0.2) is 5.65 Å². The van der Waals surface area contributed by atoms with Gasteiger partial charge in [0.05, 0.1) is 26.8 Å². The highest BCUT2D eigenvalue weighted by Gasteiger charge is 2.15. The fourth-order valence-electron chi connectivity index (χ4n) is 3.36. The average molecular weight is 493 g/mol. The van der Waals surface area contributed by atoms with Crippen molar-refractivity contribution in [1.82, 2.24) is 29.7 Å². The largest absolute Gasteiger partial charge is 0.333 e. The Morgan fingerprint density at radius 2 is 1.71 bits per heavy atom. The normalized spacial score (nSPS) is 11.0. The molecule has 0 unspecified atom stereocenters. The number of rotatable bonds is 4. The molecule has 5 aromatic rings. The molecule has 0 saturated carbocycles. The van der Waals surface area contributed by atoms with Crippen molar-refractivity contribution in [2.24, 2.45) is 0 Å². The van der Waals surface area contributed by atoms with Gasteiger partial charge in [-0.15, -0.1) is 0 Å². The van der Waals surface area contributed by atoms with Crippen LogP contribution in [0.4, 0.5) is 11.6 Å². The van der Waals surface area contributed by atoms with Crippen LogP contribution in [0.1, 0.15) is 0 Å². The van der Waals surface area contributed by atoms with E-state index in [-0.39, 0.29) is 38.4 Å². The summed E-state index contributed by atoms with van der Waals surface area (Å²) in [7, 11) is 0. The Balaban J connectivity index is 1.48. The summed E-state index contributed by atoms with van der Waals surface area (Å²) in [6.07, 6.45) is 1.43. The van der Waals surface area contributed by atoms with E-state index in [1.807, 2.05) is 12.1 Å². The van der Waals surface area contributed by atoms with Gasteiger partial charge >= 0.3 is 5.69 Å². The molecule has 0 radical (unpaired) electrons. The maximum Gasteiger partial charge on any atom is 0.333 e. The third-order valence-electron chi connectivity index (χ3n) is 4.97. The van der Waals surface area contributed by atoms with E-state index < -0.39 is 5.69 Å². The van der Waals surface area contributed by atoms with Crippen LogP contribution in [0.3, 0.4) is 0 Å². The van der Waals surface area contributed by atoms with Gasteiger partial charge in [0.2, 0.25) is 5.95 Å². The molecule has 5 rings (SSSR count). The van der Waals surface area contributed by atoms with Crippen LogP contribution in [-0.4, -0.2) is 29.7 Å². The van der Waals surface area contributed by atoms with Crippen molar-refractivity contribution in [3.05, 3.63) is 97.2 Å².